The molecule has 1 N–H and O–H groups in total. The zero-order chi connectivity index (χ0) is 19.5. The van der Waals surface area contributed by atoms with Crippen LogP contribution in [0.25, 0.3) is 0 Å². The molecule has 2 heterocycles. The molecule has 2 amide bonds. The fourth-order valence-corrected chi connectivity index (χ4v) is 3.49. The third-order valence-corrected chi connectivity index (χ3v) is 4.99. The van der Waals surface area contributed by atoms with E-state index in [1.165, 1.54) is 15.8 Å². The van der Waals surface area contributed by atoms with Gasteiger partial charge in [0, 0.05) is 26.2 Å². The van der Waals surface area contributed by atoms with E-state index >= 15 is 0 Å². The summed E-state index contributed by atoms with van der Waals surface area (Å²) in [6.45, 7) is 1.25. The molecule has 0 radical (unpaired) electrons. The second-order valence-electron chi connectivity index (χ2n) is 6.99. The fourth-order valence-electron chi connectivity index (χ4n) is 3.49. The number of rotatable bonds is 4. The zero-order valence-electron chi connectivity index (χ0n) is 15.8. The highest BCUT2D eigenvalue weighted by molar-refractivity contribution is 5.96. The average Bonchev–Trinajstić information content (AvgIpc) is 3.08. The number of carbonyl (C=O) groups excluding carboxylic acids is 2. The Bertz CT molecular complexity index is 1010. The summed E-state index contributed by atoms with van der Waals surface area (Å²) in [5.74, 6) is 0.260. The van der Waals surface area contributed by atoms with Crippen LogP contribution < -0.4 is 5.32 Å². The van der Waals surface area contributed by atoms with E-state index in [1.807, 2.05) is 42.5 Å². The van der Waals surface area contributed by atoms with Crippen molar-refractivity contribution >= 4 is 17.6 Å². The van der Waals surface area contributed by atoms with Crippen LogP contribution in [0.1, 0.15) is 27.2 Å². The number of amides is 2. The molecule has 0 saturated carbocycles. The summed E-state index contributed by atoms with van der Waals surface area (Å²) in [5.41, 5.74) is 3.75. The molecule has 3 aromatic rings. The van der Waals surface area contributed by atoms with E-state index in [0.29, 0.717) is 24.6 Å². The van der Waals surface area contributed by atoms with Crippen LogP contribution in [0, 0.1) is 0 Å². The molecule has 0 bridgehead atoms. The van der Waals surface area contributed by atoms with Crippen molar-refractivity contribution in [1.82, 2.24) is 14.7 Å². The molecule has 0 unspecified atom stereocenters. The van der Waals surface area contributed by atoms with Gasteiger partial charge >= 0.3 is 0 Å². The van der Waals surface area contributed by atoms with Gasteiger partial charge in [0.15, 0.2) is 5.69 Å². The number of nitrogens with zero attached hydrogens (tertiary/aromatic N) is 3. The molecule has 0 aliphatic carbocycles. The molecular formula is C22H22N4O2. The minimum atomic E-state index is -0.139. The van der Waals surface area contributed by atoms with Crippen LogP contribution in [0.2, 0.25) is 0 Å². The largest absolute Gasteiger partial charge is 0.333 e. The van der Waals surface area contributed by atoms with Gasteiger partial charge in [0.05, 0.1) is 6.42 Å². The SMILES string of the molecule is Cn1nc(C(=O)N2CCc3ccccc3C2)cc1NC(=O)Cc1ccccc1. The van der Waals surface area contributed by atoms with Crippen LogP contribution >= 0.6 is 0 Å². The van der Waals surface area contributed by atoms with Crippen LogP contribution in [-0.2, 0) is 31.2 Å². The molecule has 0 atom stereocenters. The molecule has 4 rings (SSSR count). The lowest BCUT2D eigenvalue weighted by Crippen LogP contribution is -2.36. The highest BCUT2D eigenvalue weighted by Crippen LogP contribution is 2.21. The Morgan fingerprint density at radius 3 is 2.54 bits per heavy atom. The molecule has 1 aromatic heterocycles. The first kappa shape index (κ1) is 18.0. The van der Waals surface area contributed by atoms with Crippen molar-refractivity contribution in [1.29, 1.82) is 0 Å². The van der Waals surface area contributed by atoms with Crippen molar-refractivity contribution in [2.75, 3.05) is 11.9 Å². The Morgan fingerprint density at radius 1 is 1.04 bits per heavy atom. The average molecular weight is 374 g/mol. The molecule has 1 aliphatic rings. The predicted molar refractivity (Wildman–Crippen MR) is 107 cm³/mol. The van der Waals surface area contributed by atoms with Crippen molar-refractivity contribution < 1.29 is 9.59 Å². The molecule has 6 heteroatoms. The normalized spacial score (nSPS) is 13.1. The lowest BCUT2D eigenvalue weighted by Gasteiger charge is -2.28. The second-order valence-corrected chi connectivity index (χ2v) is 6.99. The van der Waals surface area contributed by atoms with E-state index in [-0.39, 0.29) is 18.2 Å². The summed E-state index contributed by atoms with van der Waals surface area (Å²) in [7, 11) is 1.72. The number of aromatic nitrogens is 2. The minimum Gasteiger partial charge on any atom is -0.333 e. The number of benzene rings is 2. The Kier molecular flexibility index (Phi) is 4.93. The Balaban J connectivity index is 1.44. The summed E-state index contributed by atoms with van der Waals surface area (Å²) in [4.78, 5) is 27.0. The number of carbonyl (C=O) groups is 2. The smallest absolute Gasteiger partial charge is 0.274 e. The number of fused-ring (bicyclic) bond motifs is 1. The maximum Gasteiger partial charge on any atom is 0.274 e. The molecule has 0 spiro atoms. The van der Waals surface area contributed by atoms with E-state index < -0.39 is 0 Å². The number of anilines is 1. The topological polar surface area (TPSA) is 67.2 Å². The fraction of sp³-hybridized carbons (Fsp3) is 0.227. The highest BCUT2D eigenvalue weighted by atomic mass is 16.2. The number of hydrogen-bond donors (Lipinski definition) is 1. The zero-order valence-corrected chi connectivity index (χ0v) is 15.8. The summed E-state index contributed by atoms with van der Waals surface area (Å²) >= 11 is 0. The van der Waals surface area contributed by atoms with Crippen LogP contribution in [0.15, 0.2) is 60.7 Å². The number of aryl methyl sites for hydroxylation is 1. The van der Waals surface area contributed by atoms with Gasteiger partial charge in [-0.2, -0.15) is 5.10 Å². The minimum absolute atomic E-state index is 0.117. The third kappa shape index (κ3) is 3.81. The van der Waals surface area contributed by atoms with E-state index in [4.69, 9.17) is 0 Å². The lowest BCUT2D eigenvalue weighted by atomic mass is 10.00. The Labute approximate surface area is 163 Å². The molecule has 0 saturated heterocycles. The van der Waals surface area contributed by atoms with Crippen molar-refractivity contribution in [3.63, 3.8) is 0 Å². The maximum absolute atomic E-state index is 12.9. The van der Waals surface area contributed by atoms with Crippen molar-refractivity contribution in [2.24, 2.45) is 7.05 Å². The lowest BCUT2D eigenvalue weighted by molar-refractivity contribution is -0.115. The quantitative estimate of drug-likeness (QED) is 0.764. The summed E-state index contributed by atoms with van der Waals surface area (Å²) < 4.78 is 1.54. The van der Waals surface area contributed by atoms with E-state index in [0.717, 1.165) is 12.0 Å². The number of hydrogen-bond acceptors (Lipinski definition) is 3. The van der Waals surface area contributed by atoms with E-state index in [2.05, 4.69) is 22.5 Å². The molecule has 1 aliphatic heterocycles. The monoisotopic (exact) mass is 374 g/mol. The van der Waals surface area contributed by atoms with Crippen LogP contribution in [0.3, 0.4) is 0 Å². The van der Waals surface area contributed by atoms with Gasteiger partial charge in [-0.25, -0.2) is 0 Å². The van der Waals surface area contributed by atoms with Crippen molar-refractivity contribution in [3.05, 3.63) is 83.0 Å². The standard InChI is InChI=1S/C22H22N4O2/c1-25-20(23-21(27)13-16-7-3-2-4-8-16)14-19(24-25)22(28)26-12-11-17-9-5-6-10-18(17)15-26/h2-10,14H,11-13,15H2,1H3,(H,23,27). The summed E-state index contributed by atoms with van der Waals surface area (Å²) in [5, 5.41) is 7.16. The maximum atomic E-state index is 12.9. The molecule has 142 valence electrons. The van der Waals surface area contributed by atoms with Gasteiger partial charge < -0.3 is 10.2 Å². The van der Waals surface area contributed by atoms with Gasteiger partial charge in [0.2, 0.25) is 5.91 Å². The molecule has 0 fully saturated rings. The van der Waals surface area contributed by atoms with Gasteiger partial charge in [-0.05, 0) is 23.1 Å². The van der Waals surface area contributed by atoms with Gasteiger partial charge in [-0.1, -0.05) is 54.6 Å². The van der Waals surface area contributed by atoms with Gasteiger partial charge in [0.25, 0.3) is 5.91 Å². The van der Waals surface area contributed by atoms with E-state index in [1.54, 1.807) is 18.0 Å². The highest BCUT2D eigenvalue weighted by Gasteiger charge is 2.24. The van der Waals surface area contributed by atoms with Gasteiger partial charge in [0.1, 0.15) is 5.82 Å². The molecular weight excluding hydrogens is 352 g/mol. The second kappa shape index (κ2) is 7.68. The molecule has 2 aromatic carbocycles. The Morgan fingerprint density at radius 2 is 1.75 bits per heavy atom. The molecule has 28 heavy (non-hydrogen) atoms. The third-order valence-electron chi connectivity index (χ3n) is 4.99. The van der Waals surface area contributed by atoms with Crippen LogP contribution in [-0.4, -0.2) is 33.0 Å². The first-order valence-corrected chi connectivity index (χ1v) is 9.34. The summed E-state index contributed by atoms with van der Waals surface area (Å²) in [6, 6.07) is 19.4. The number of nitrogens with one attached hydrogen (secondary N) is 1. The van der Waals surface area contributed by atoms with E-state index in [9.17, 15) is 9.59 Å². The summed E-state index contributed by atoms with van der Waals surface area (Å²) in [6.07, 6.45) is 1.12. The predicted octanol–water partition coefficient (Wildman–Crippen LogP) is 2.80. The first-order valence-electron chi connectivity index (χ1n) is 9.34. The van der Waals surface area contributed by atoms with Gasteiger partial charge in [-0.15, -0.1) is 0 Å². The van der Waals surface area contributed by atoms with Crippen molar-refractivity contribution in [3.8, 4) is 0 Å². The van der Waals surface area contributed by atoms with Crippen molar-refractivity contribution in [2.45, 2.75) is 19.4 Å². The van der Waals surface area contributed by atoms with Gasteiger partial charge in [-0.3, -0.25) is 14.3 Å². The van der Waals surface area contributed by atoms with Crippen LogP contribution in [0.5, 0.6) is 0 Å². The first-order chi connectivity index (χ1) is 13.6. The Hall–Kier alpha value is -3.41. The molecule has 6 nitrogen and oxygen atoms in total. The van der Waals surface area contributed by atoms with Crippen LogP contribution in [0.4, 0.5) is 5.82 Å².